The number of methoxy groups -OCH3 is 1. The van der Waals surface area contributed by atoms with Gasteiger partial charge in [0, 0.05) is 31.1 Å². The molecule has 3 atom stereocenters. The Kier molecular flexibility index (Phi) is 4.00. The molecular weight excluding hydrogens is 218 g/mol. The maximum atomic E-state index is 5.24. The second-order valence-corrected chi connectivity index (χ2v) is 4.98. The summed E-state index contributed by atoms with van der Waals surface area (Å²) in [5.41, 5.74) is 0. The molecule has 3 heteroatoms. The summed E-state index contributed by atoms with van der Waals surface area (Å²) in [6.07, 6.45) is 1.61. The number of ether oxygens (including phenoxy) is 1. The zero-order valence-electron chi connectivity index (χ0n) is 8.09. The zero-order valence-corrected chi connectivity index (χ0v) is 9.67. The van der Waals surface area contributed by atoms with Gasteiger partial charge in [-0.15, -0.1) is 0 Å². The van der Waals surface area contributed by atoms with Crippen LogP contribution in [0.5, 0.6) is 0 Å². The molecule has 1 rings (SSSR count). The molecule has 12 heavy (non-hydrogen) atoms. The average molecular weight is 236 g/mol. The van der Waals surface area contributed by atoms with E-state index in [1.807, 2.05) is 0 Å². The summed E-state index contributed by atoms with van der Waals surface area (Å²) in [4.78, 5) is 3.16. The normalized spacial score (nSPS) is 34.0. The summed E-state index contributed by atoms with van der Waals surface area (Å²) < 4.78 is 5.24. The molecule has 0 aromatic rings. The number of alkyl halides is 1. The zero-order chi connectivity index (χ0) is 9.14. The van der Waals surface area contributed by atoms with Gasteiger partial charge in [-0.2, -0.15) is 0 Å². The minimum atomic E-state index is 0.352. The molecule has 0 radical (unpaired) electrons. The summed E-state index contributed by atoms with van der Waals surface area (Å²) in [6.45, 7) is 6.62. The third kappa shape index (κ3) is 2.71. The Hall–Kier alpha value is 0.400. The molecule has 1 aliphatic rings. The fraction of sp³-hybridized carbons (Fsp3) is 1.00. The van der Waals surface area contributed by atoms with Crippen LogP contribution in [0, 0.1) is 0 Å². The quantitative estimate of drug-likeness (QED) is 0.694. The van der Waals surface area contributed by atoms with Crippen LogP contribution in [0.1, 0.15) is 20.3 Å². The van der Waals surface area contributed by atoms with E-state index in [-0.39, 0.29) is 0 Å². The Bertz CT molecular complexity index is 142. The van der Waals surface area contributed by atoms with Gasteiger partial charge < -0.3 is 4.74 Å². The van der Waals surface area contributed by atoms with Crippen molar-refractivity contribution in [1.82, 2.24) is 4.90 Å². The van der Waals surface area contributed by atoms with E-state index in [0.717, 1.165) is 13.1 Å². The van der Waals surface area contributed by atoms with E-state index >= 15 is 0 Å². The lowest BCUT2D eigenvalue weighted by atomic mass is 10.2. The van der Waals surface area contributed by atoms with E-state index in [1.54, 1.807) is 7.11 Å². The van der Waals surface area contributed by atoms with Gasteiger partial charge in [0.25, 0.3) is 0 Å². The summed E-state index contributed by atoms with van der Waals surface area (Å²) in [6, 6.07) is 0.701. The topological polar surface area (TPSA) is 12.5 Å². The molecule has 0 saturated carbocycles. The van der Waals surface area contributed by atoms with Gasteiger partial charge in [0.05, 0.1) is 6.10 Å². The van der Waals surface area contributed by atoms with Crippen molar-refractivity contribution < 1.29 is 4.74 Å². The Balaban J connectivity index is 2.32. The van der Waals surface area contributed by atoms with Crippen molar-refractivity contribution in [3.8, 4) is 0 Å². The van der Waals surface area contributed by atoms with Gasteiger partial charge in [-0.25, -0.2) is 0 Å². The highest BCUT2D eigenvalue weighted by Crippen LogP contribution is 2.23. The third-order valence-corrected chi connectivity index (χ3v) is 3.21. The number of rotatable bonds is 3. The molecule has 0 bridgehead atoms. The van der Waals surface area contributed by atoms with Crippen LogP contribution >= 0.6 is 15.9 Å². The molecule has 0 spiro atoms. The highest BCUT2D eigenvalue weighted by atomic mass is 79.9. The molecule has 0 amide bonds. The van der Waals surface area contributed by atoms with Crippen LogP contribution < -0.4 is 0 Å². The predicted molar refractivity (Wildman–Crippen MR) is 54.8 cm³/mol. The highest BCUT2D eigenvalue weighted by molar-refractivity contribution is 9.09. The van der Waals surface area contributed by atoms with Crippen molar-refractivity contribution in [2.24, 2.45) is 0 Å². The van der Waals surface area contributed by atoms with Crippen molar-refractivity contribution in [2.45, 2.75) is 37.2 Å². The van der Waals surface area contributed by atoms with E-state index in [0.29, 0.717) is 17.0 Å². The average Bonchev–Trinajstić information content (AvgIpc) is 2.30. The van der Waals surface area contributed by atoms with E-state index in [1.165, 1.54) is 6.42 Å². The molecule has 0 aromatic carbocycles. The summed E-state index contributed by atoms with van der Waals surface area (Å²) in [7, 11) is 1.77. The molecule has 3 unspecified atom stereocenters. The maximum absolute atomic E-state index is 5.24. The fourth-order valence-corrected chi connectivity index (χ4v) is 2.60. The van der Waals surface area contributed by atoms with Crippen molar-refractivity contribution >= 4 is 15.9 Å². The largest absolute Gasteiger partial charge is 0.380 e. The number of hydrogen-bond donors (Lipinski definition) is 0. The summed E-state index contributed by atoms with van der Waals surface area (Å²) >= 11 is 3.65. The molecule has 1 fully saturated rings. The van der Waals surface area contributed by atoms with Crippen molar-refractivity contribution in [1.29, 1.82) is 0 Å². The molecule has 72 valence electrons. The number of nitrogens with zero attached hydrogens (tertiary/aromatic N) is 1. The predicted octanol–water partition coefficient (Wildman–Crippen LogP) is 1.88. The van der Waals surface area contributed by atoms with E-state index < -0.39 is 0 Å². The Morgan fingerprint density at radius 3 is 2.75 bits per heavy atom. The minimum absolute atomic E-state index is 0.352. The molecule has 2 nitrogen and oxygen atoms in total. The van der Waals surface area contributed by atoms with Crippen LogP contribution in [0.3, 0.4) is 0 Å². The van der Waals surface area contributed by atoms with Gasteiger partial charge in [0.2, 0.25) is 0 Å². The standard InChI is InChI=1S/C9H18BrNO/c1-7-4-9(10)6-11(7)5-8(2)12-3/h7-9H,4-6H2,1-3H3. The number of hydrogen-bond acceptors (Lipinski definition) is 2. The van der Waals surface area contributed by atoms with Gasteiger partial charge in [0.15, 0.2) is 0 Å². The van der Waals surface area contributed by atoms with Crippen LogP contribution in [0.15, 0.2) is 0 Å². The smallest absolute Gasteiger partial charge is 0.0670 e. The van der Waals surface area contributed by atoms with Crippen LogP contribution in [0.2, 0.25) is 0 Å². The Morgan fingerprint density at radius 2 is 2.33 bits per heavy atom. The second kappa shape index (κ2) is 4.58. The lowest BCUT2D eigenvalue weighted by molar-refractivity contribution is 0.0750. The monoisotopic (exact) mass is 235 g/mol. The van der Waals surface area contributed by atoms with Gasteiger partial charge in [-0.05, 0) is 20.3 Å². The number of likely N-dealkylation sites (tertiary alicyclic amines) is 1. The van der Waals surface area contributed by atoms with Gasteiger partial charge in [-0.3, -0.25) is 4.90 Å². The Morgan fingerprint density at radius 1 is 1.67 bits per heavy atom. The molecule has 0 N–H and O–H groups in total. The molecule has 1 heterocycles. The molecule has 1 saturated heterocycles. The second-order valence-electron chi connectivity index (χ2n) is 3.68. The van der Waals surface area contributed by atoms with Gasteiger partial charge in [0.1, 0.15) is 0 Å². The minimum Gasteiger partial charge on any atom is -0.380 e. The molecular formula is C9H18BrNO. The fourth-order valence-electron chi connectivity index (χ4n) is 1.69. The van der Waals surface area contributed by atoms with Crippen LogP contribution in [0.25, 0.3) is 0 Å². The first-order valence-electron chi connectivity index (χ1n) is 4.54. The lowest BCUT2D eigenvalue weighted by Crippen LogP contribution is -2.34. The third-order valence-electron chi connectivity index (χ3n) is 2.55. The lowest BCUT2D eigenvalue weighted by Gasteiger charge is -2.23. The molecule has 0 aliphatic carbocycles. The van der Waals surface area contributed by atoms with E-state index in [9.17, 15) is 0 Å². The maximum Gasteiger partial charge on any atom is 0.0670 e. The Labute approximate surface area is 83.4 Å². The van der Waals surface area contributed by atoms with E-state index in [2.05, 4.69) is 34.7 Å². The highest BCUT2D eigenvalue weighted by Gasteiger charge is 2.27. The first kappa shape index (κ1) is 10.5. The van der Waals surface area contributed by atoms with Crippen molar-refractivity contribution in [3.05, 3.63) is 0 Å². The summed E-state index contributed by atoms with van der Waals surface area (Å²) in [5.74, 6) is 0. The van der Waals surface area contributed by atoms with Crippen LogP contribution in [-0.4, -0.2) is 42.1 Å². The molecule has 0 aromatic heterocycles. The first-order valence-corrected chi connectivity index (χ1v) is 5.46. The van der Waals surface area contributed by atoms with Crippen LogP contribution in [-0.2, 0) is 4.74 Å². The van der Waals surface area contributed by atoms with Gasteiger partial charge >= 0.3 is 0 Å². The van der Waals surface area contributed by atoms with Crippen molar-refractivity contribution in [3.63, 3.8) is 0 Å². The van der Waals surface area contributed by atoms with Crippen molar-refractivity contribution in [2.75, 3.05) is 20.2 Å². The van der Waals surface area contributed by atoms with Crippen LogP contribution in [0.4, 0.5) is 0 Å². The SMILES string of the molecule is COC(C)CN1CC(Br)CC1C. The van der Waals surface area contributed by atoms with Gasteiger partial charge in [-0.1, -0.05) is 15.9 Å². The first-order chi connectivity index (χ1) is 5.63. The molecule has 1 aliphatic heterocycles. The number of halogens is 1. The summed E-state index contributed by atoms with van der Waals surface area (Å²) in [5, 5.41) is 0. The van der Waals surface area contributed by atoms with E-state index in [4.69, 9.17) is 4.74 Å².